The Kier molecular flexibility index (Phi) is 5.45. The highest BCUT2D eigenvalue weighted by molar-refractivity contribution is 4.79. The first-order chi connectivity index (χ1) is 6.74. The van der Waals surface area contributed by atoms with Gasteiger partial charge in [0, 0.05) is 19.2 Å². The average Bonchev–Trinajstić information content (AvgIpc) is 2.58. The molecule has 1 heterocycles. The topological polar surface area (TPSA) is 43.7 Å². The van der Waals surface area contributed by atoms with E-state index in [9.17, 15) is 5.11 Å². The molecule has 3 nitrogen and oxygen atoms in total. The van der Waals surface area contributed by atoms with Crippen molar-refractivity contribution in [2.24, 2.45) is 0 Å². The van der Waals surface area contributed by atoms with E-state index >= 15 is 0 Å². The molecule has 0 aromatic heterocycles. The van der Waals surface area contributed by atoms with Crippen molar-refractivity contribution in [2.45, 2.75) is 51.2 Å². The molecule has 14 heavy (non-hydrogen) atoms. The van der Waals surface area contributed by atoms with Crippen LogP contribution in [0.1, 0.15) is 39.0 Å². The minimum atomic E-state index is -0.186. The molecule has 1 aliphatic rings. The molecule has 3 heteroatoms. The maximum atomic E-state index is 9.21. The number of likely N-dealkylation sites (tertiary alicyclic amines) is 1. The summed E-state index contributed by atoms with van der Waals surface area (Å²) in [5.41, 5.74) is 0. The molecule has 1 fully saturated rings. The van der Waals surface area contributed by atoms with Gasteiger partial charge in [-0.2, -0.15) is 0 Å². The lowest BCUT2D eigenvalue weighted by Gasteiger charge is -2.24. The van der Waals surface area contributed by atoms with E-state index in [1.165, 1.54) is 19.4 Å². The van der Waals surface area contributed by atoms with Gasteiger partial charge in [0.05, 0.1) is 6.10 Å². The maximum absolute atomic E-state index is 9.21. The van der Waals surface area contributed by atoms with Gasteiger partial charge in [-0.25, -0.2) is 0 Å². The number of hydrogen-bond acceptors (Lipinski definition) is 3. The highest BCUT2D eigenvalue weighted by atomic mass is 16.3. The summed E-state index contributed by atoms with van der Waals surface area (Å²) in [5, 5.41) is 18.0. The van der Waals surface area contributed by atoms with Gasteiger partial charge in [0.1, 0.15) is 0 Å². The third kappa shape index (κ3) is 3.95. The zero-order valence-corrected chi connectivity index (χ0v) is 9.15. The van der Waals surface area contributed by atoms with E-state index < -0.39 is 0 Å². The molecule has 1 aliphatic heterocycles. The molecule has 0 bridgehead atoms. The molecule has 0 spiro atoms. The van der Waals surface area contributed by atoms with Crippen molar-refractivity contribution in [3.05, 3.63) is 0 Å². The van der Waals surface area contributed by atoms with Crippen LogP contribution >= 0.6 is 0 Å². The highest BCUT2D eigenvalue weighted by Gasteiger charge is 2.23. The molecule has 0 aromatic rings. The highest BCUT2D eigenvalue weighted by Crippen LogP contribution is 2.21. The van der Waals surface area contributed by atoms with Gasteiger partial charge in [0.2, 0.25) is 0 Å². The summed E-state index contributed by atoms with van der Waals surface area (Å²) in [5.74, 6) is 0. The van der Waals surface area contributed by atoms with Crippen LogP contribution < -0.4 is 0 Å². The van der Waals surface area contributed by atoms with Gasteiger partial charge in [-0.1, -0.05) is 0 Å². The second kappa shape index (κ2) is 6.38. The van der Waals surface area contributed by atoms with Gasteiger partial charge >= 0.3 is 0 Å². The van der Waals surface area contributed by atoms with Crippen molar-refractivity contribution in [1.82, 2.24) is 4.90 Å². The summed E-state index contributed by atoms with van der Waals surface area (Å²) in [7, 11) is 0. The van der Waals surface area contributed by atoms with Crippen molar-refractivity contribution in [2.75, 3.05) is 19.7 Å². The minimum Gasteiger partial charge on any atom is -0.396 e. The minimum absolute atomic E-state index is 0.186. The van der Waals surface area contributed by atoms with Crippen LogP contribution in [0.4, 0.5) is 0 Å². The molecule has 2 unspecified atom stereocenters. The first kappa shape index (κ1) is 12.0. The molecule has 1 saturated heterocycles. The summed E-state index contributed by atoms with van der Waals surface area (Å²) >= 11 is 0. The zero-order valence-electron chi connectivity index (χ0n) is 9.15. The van der Waals surface area contributed by atoms with Crippen LogP contribution in [0.3, 0.4) is 0 Å². The third-order valence-electron chi connectivity index (χ3n) is 3.03. The quantitative estimate of drug-likeness (QED) is 0.673. The van der Waals surface area contributed by atoms with E-state index in [2.05, 4.69) is 4.90 Å². The normalized spacial score (nSPS) is 25.5. The fraction of sp³-hybridized carbons (Fsp3) is 1.00. The van der Waals surface area contributed by atoms with Crippen molar-refractivity contribution in [1.29, 1.82) is 0 Å². The average molecular weight is 201 g/mol. The van der Waals surface area contributed by atoms with E-state index in [1.807, 2.05) is 6.92 Å². The molecule has 0 saturated carbocycles. The Morgan fingerprint density at radius 2 is 2.29 bits per heavy atom. The first-order valence-electron chi connectivity index (χ1n) is 5.77. The Morgan fingerprint density at radius 1 is 1.50 bits per heavy atom. The largest absolute Gasteiger partial charge is 0.396 e. The molecule has 2 atom stereocenters. The molecule has 0 radical (unpaired) electrons. The molecular weight excluding hydrogens is 178 g/mol. The Hall–Kier alpha value is -0.120. The van der Waals surface area contributed by atoms with Crippen LogP contribution in [0.25, 0.3) is 0 Å². The number of aliphatic hydroxyl groups is 2. The number of rotatable bonds is 6. The Bertz CT molecular complexity index is 150. The van der Waals surface area contributed by atoms with Gasteiger partial charge in [-0.3, -0.25) is 0 Å². The lowest BCUT2D eigenvalue weighted by Crippen LogP contribution is -2.31. The van der Waals surface area contributed by atoms with E-state index in [4.69, 9.17) is 5.11 Å². The Balaban J connectivity index is 2.21. The molecule has 0 aliphatic carbocycles. The van der Waals surface area contributed by atoms with Crippen LogP contribution in [0.15, 0.2) is 0 Å². The summed E-state index contributed by atoms with van der Waals surface area (Å²) in [6, 6.07) is 0.654. The lowest BCUT2D eigenvalue weighted by molar-refractivity contribution is 0.146. The second-order valence-electron chi connectivity index (χ2n) is 4.34. The fourth-order valence-corrected chi connectivity index (χ4v) is 2.20. The number of hydrogen-bond donors (Lipinski definition) is 2. The van der Waals surface area contributed by atoms with Crippen LogP contribution in [0.2, 0.25) is 0 Å². The summed E-state index contributed by atoms with van der Waals surface area (Å²) in [6.45, 7) is 4.33. The van der Waals surface area contributed by atoms with Gasteiger partial charge in [-0.15, -0.1) is 0 Å². The van der Waals surface area contributed by atoms with Crippen molar-refractivity contribution in [3.63, 3.8) is 0 Å². The molecule has 2 N–H and O–H groups in total. The smallest absolute Gasteiger partial charge is 0.0524 e. The molecule has 84 valence electrons. The standard InChI is InChI=1S/C11H23NO2/c1-10(14)6-8-12-7-2-4-11(12)5-3-9-13/h10-11,13-14H,2-9H2,1H3. The van der Waals surface area contributed by atoms with Crippen LogP contribution in [0.5, 0.6) is 0 Å². The number of aliphatic hydroxyl groups excluding tert-OH is 2. The number of nitrogens with zero attached hydrogens (tertiary/aromatic N) is 1. The molecule has 1 rings (SSSR count). The predicted molar refractivity (Wildman–Crippen MR) is 57.2 cm³/mol. The monoisotopic (exact) mass is 201 g/mol. The zero-order chi connectivity index (χ0) is 10.4. The predicted octanol–water partition coefficient (Wildman–Crippen LogP) is 0.994. The molecule has 0 aromatic carbocycles. The van der Waals surface area contributed by atoms with E-state index in [1.54, 1.807) is 0 Å². The van der Waals surface area contributed by atoms with E-state index in [0.717, 1.165) is 25.8 Å². The van der Waals surface area contributed by atoms with Crippen molar-refractivity contribution >= 4 is 0 Å². The van der Waals surface area contributed by atoms with Gasteiger partial charge in [-0.05, 0) is 45.6 Å². The first-order valence-corrected chi connectivity index (χ1v) is 5.77. The molecular formula is C11H23NO2. The Morgan fingerprint density at radius 3 is 2.93 bits per heavy atom. The summed E-state index contributed by atoms with van der Waals surface area (Å²) < 4.78 is 0. The fourth-order valence-electron chi connectivity index (χ4n) is 2.20. The third-order valence-corrected chi connectivity index (χ3v) is 3.03. The SMILES string of the molecule is CC(O)CCN1CCCC1CCCO. The van der Waals surface area contributed by atoms with E-state index in [0.29, 0.717) is 12.6 Å². The van der Waals surface area contributed by atoms with Crippen LogP contribution in [-0.4, -0.2) is 47.0 Å². The lowest BCUT2D eigenvalue weighted by atomic mass is 10.1. The molecule has 0 amide bonds. The Labute approximate surface area is 86.7 Å². The van der Waals surface area contributed by atoms with Crippen molar-refractivity contribution < 1.29 is 10.2 Å². The van der Waals surface area contributed by atoms with Crippen LogP contribution in [0, 0.1) is 0 Å². The van der Waals surface area contributed by atoms with Gasteiger partial charge in [0.25, 0.3) is 0 Å². The summed E-state index contributed by atoms with van der Waals surface area (Å²) in [6.07, 6.45) is 5.24. The maximum Gasteiger partial charge on any atom is 0.0524 e. The second-order valence-corrected chi connectivity index (χ2v) is 4.34. The van der Waals surface area contributed by atoms with Gasteiger partial charge in [0.15, 0.2) is 0 Å². The van der Waals surface area contributed by atoms with Gasteiger partial charge < -0.3 is 15.1 Å². The van der Waals surface area contributed by atoms with Crippen LogP contribution in [-0.2, 0) is 0 Å². The van der Waals surface area contributed by atoms with E-state index in [-0.39, 0.29) is 6.10 Å². The van der Waals surface area contributed by atoms with Crippen molar-refractivity contribution in [3.8, 4) is 0 Å². The summed E-state index contributed by atoms with van der Waals surface area (Å²) in [4.78, 5) is 2.46.